The molecule has 12 heteroatoms. The summed E-state index contributed by atoms with van der Waals surface area (Å²) in [6.07, 6.45) is -1.59. The molecule has 3 N–H and O–H groups in total. The standard InChI is InChI=1S/C17H23F2N9O/c1-10-9-29-7-6-28(10)17-25-14(11-8-22-15(20)23-12(11)13(18)19)24-16(26-17)27-4-2-21-3-5-27/h8,10,13,21H,2-7,9H2,1H3,(H2,20,22,23)/t10-/m0/s1. The minimum absolute atomic E-state index is 0.0482. The van der Waals surface area contributed by atoms with E-state index in [0.29, 0.717) is 44.7 Å². The highest BCUT2D eigenvalue weighted by Gasteiger charge is 2.27. The maximum atomic E-state index is 13.6. The molecule has 10 nitrogen and oxygen atoms in total. The molecule has 2 aliphatic rings. The summed E-state index contributed by atoms with van der Waals surface area (Å²) >= 11 is 0. The van der Waals surface area contributed by atoms with Gasteiger partial charge >= 0.3 is 0 Å². The van der Waals surface area contributed by atoms with Gasteiger partial charge in [-0.3, -0.25) is 0 Å². The third-order valence-electron chi connectivity index (χ3n) is 4.92. The minimum atomic E-state index is -2.83. The average Bonchev–Trinajstić information content (AvgIpc) is 2.74. The Bertz CT molecular complexity index is 863. The van der Waals surface area contributed by atoms with E-state index in [0.717, 1.165) is 13.1 Å². The molecule has 0 amide bonds. The van der Waals surface area contributed by atoms with Gasteiger partial charge < -0.3 is 25.6 Å². The van der Waals surface area contributed by atoms with Crippen molar-refractivity contribution in [1.82, 2.24) is 30.2 Å². The van der Waals surface area contributed by atoms with Crippen LogP contribution < -0.4 is 20.9 Å². The van der Waals surface area contributed by atoms with Crippen molar-refractivity contribution >= 4 is 17.8 Å². The number of hydrogen-bond donors (Lipinski definition) is 2. The minimum Gasteiger partial charge on any atom is -0.377 e. The molecular formula is C17H23F2N9O. The normalized spacial score (nSPS) is 20.3. The quantitative estimate of drug-likeness (QED) is 0.741. The van der Waals surface area contributed by atoms with Crippen molar-refractivity contribution in [2.45, 2.75) is 19.4 Å². The van der Waals surface area contributed by atoms with Crippen molar-refractivity contribution in [2.24, 2.45) is 0 Å². The lowest BCUT2D eigenvalue weighted by Crippen LogP contribution is -2.46. The van der Waals surface area contributed by atoms with Crippen LogP contribution in [0.5, 0.6) is 0 Å². The van der Waals surface area contributed by atoms with Gasteiger partial charge in [-0.25, -0.2) is 18.7 Å². The molecule has 1 atom stereocenters. The molecule has 0 saturated carbocycles. The van der Waals surface area contributed by atoms with Crippen LogP contribution in [-0.2, 0) is 4.74 Å². The number of ether oxygens (including phenoxy) is 1. The van der Waals surface area contributed by atoms with Gasteiger partial charge in [0.05, 0.1) is 24.8 Å². The number of nitrogens with two attached hydrogens (primary N) is 1. The van der Waals surface area contributed by atoms with Crippen molar-refractivity contribution in [3.8, 4) is 11.4 Å². The van der Waals surface area contributed by atoms with Crippen LogP contribution in [0.15, 0.2) is 6.20 Å². The Hall–Kier alpha value is -2.73. The Morgan fingerprint density at radius 2 is 1.90 bits per heavy atom. The zero-order chi connectivity index (χ0) is 20.4. The summed E-state index contributed by atoms with van der Waals surface area (Å²) in [4.78, 5) is 25.2. The second-order valence-corrected chi connectivity index (χ2v) is 6.94. The number of aromatic nitrogens is 5. The van der Waals surface area contributed by atoms with Crippen LogP contribution in [-0.4, -0.2) is 76.9 Å². The van der Waals surface area contributed by atoms with Crippen LogP contribution in [0.25, 0.3) is 11.4 Å². The zero-order valence-electron chi connectivity index (χ0n) is 16.1. The fourth-order valence-corrected chi connectivity index (χ4v) is 3.38. The van der Waals surface area contributed by atoms with Gasteiger partial charge in [0.2, 0.25) is 17.8 Å². The number of nitrogens with zero attached hydrogens (tertiary/aromatic N) is 7. The number of morpholine rings is 1. The van der Waals surface area contributed by atoms with Crippen LogP contribution in [0.2, 0.25) is 0 Å². The highest BCUT2D eigenvalue weighted by Crippen LogP contribution is 2.30. The van der Waals surface area contributed by atoms with Gasteiger partial charge in [-0.15, -0.1) is 0 Å². The van der Waals surface area contributed by atoms with Crippen LogP contribution in [0.4, 0.5) is 26.6 Å². The Morgan fingerprint density at radius 1 is 1.14 bits per heavy atom. The fraction of sp³-hybridized carbons (Fsp3) is 0.588. The second kappa shape index (κ2) is 8.33. The third-order valence-corrected chi connectivity index (χ3v) is 4.92. The summed E-state index contributed by atoms with van der Waals surface area (Å²) < 4.78 is 32.7. The first-order chi connectivity index (χ1) is 14.0. The van der Waals surface area contributed by atoms with E-state index in [1.54, 1.807) is 0 Å². The summed E-state index contributed by atoms with van der Waals surface area (Å²) in [5, 5.41) is 3.27. The number of piperazine rings is 1. The molecule has 0 bridgehead atoms. The van der Waals surface area contributed by atoms with Crippen molar-refractivity contribution in [3.05, 3.63) is 11.9 Å². The molecule has 0 radical (unpaired) electrons. The Morgan fingerprint density at radius 3 is 2.62 bits per heavy atom. The molecule has 29 heavy (non-hydrogen) atoms. The molecule has 2 saturated heterocycles. The first-order valence-electron chi connectivity index (χ1n) is 9.50. The predicted octanol–water partition coefficient (Wildman–Crippen LogP) is 0.483. The number of alkyl halides is 2. The molecule has 2 fully saturated rings. The zero-order valence-corrected chi connectivity index (χ0v) is 16.1. The Kier molecular flexibility index (Phi) is 5.62. The molecule has 0 spiro atoms. The Labute approximate surface area is 166 Å². The summed E-state index contributed by atoms with van der Waals surface area (Å²) in [5.41, 5.74) is 5.07. The molecule has 0 unspecified atom stereocenters. The Balaban J connectivity index is 1.81. The average molecular weight is 407 g/mol. The lowest BCUT2D eigenvalue weighted by molar-refractivity contribution is 0.0981. The lowest BCUT2D eigenvalue weighted by Gasteiger charge is -2.34. The molecule has 2 aromatic heterocycles. The molecule has 4 rings (SSSR count). The first kappa shape index (κ1) is 19.6. The van der Waals surface area contributed by atoms with E-state index in [2.05, 4.69) is 30.2 Å². The highest BCUT2D eigenvalue weighted by molar-refractivity contribution is 5.61. The molecule has 0 aromatic carbocycles. The summed E-state index contributed by atoms with van der Waals surface area (Å²) in [7, 11) is 0. The van der Waals surface area contributed by atoms with Crippen LogP contribution in [0.1, 0.15) is 19.0 Å². The molecular weight excluding hydrogens is 384 g/mol. The van der Waals surface area contributed by atoms with Gasteiger partial charge in [0.15, 0.2) is 5.82 Å². The van der Waals surface area contributed by atoms with Gasteiger partial charge in [0.1, 0.15) is 5.69 Å². The van der Waals surface area contributed by atoms with Crippen molar-refractivity contribution < 1.29 is 13.5 Å². The molecule has 4 heterocycles. The molecule has 156 valence electrons. The fourth-order valence-electron chi connectivity index (χ4n) is 3.38. The van der Waals surface area contributed by atoms with E-state index in [1.165, 1.54) is 6.20 Å². The van der Waals surface area contributed by atoms with Crippen LogP contribution >= 0.6 is 0 Å². The van der Waals surface area contributed by atoms with Crippen molar-refractivity contribution in [3.63, 3.8) is 0 Å². The smallest absolute Gasteiger partial charge is 0.281 e. The van der Waals surface area contributed by atoms with E-state index in [1.807, 2.05) is 16.7 Å². The van der Waals surface area contributed by atoms with E-state index in [4.69, 9.17) is 10.5 Å². The summed E-state index contributed by atoms with van der Waals surface area (Å²) in [6.45, 7) is 6.69. The maximum absolute atomic E-state index is 13.6. The lowest BCUT2D eigenvalue weighted by atomic mass is 10.2. The second-order valence-electron chi connectivity index (χ2n) is 6.94. The van der Waals surface area contributed by atoms with Gasteiger partial charge in [0.25, 0.3) is 6.43 Å². The van der Waals surface area contributed by atoms with E-state index in [-0.39, 0.29) is 23.4 Å². The van der Waals surface area contributed by atoms with E-state index >= 15 is 0 Å². The van der Waals surface area contributed by atoms with Gasteiger partial charge in [-0.2, -0.15) is 15.0 Å². The topological polar surface area (TPSA) is 118 Å². The number of nitrogens with one attached hydrogen (secondary N) is 1. The monoisotopic (exact) mass is 407 g/mol. The molecule has 2 aliphatic heterocycles. The number of anilines is 3. The number of rotatable bonds is 4. The molecule has 2 aromatic rings. The van der Waals surface area contributed by atoms with Gasteiger partial charge in [0, 0.05) is 38.9 Å². The predicted molar refractivity (Wildman–Crippen MR) is 103 cm³/mol. The number of halogens is 2. The summed E-state index contributed by atoms with van der Waals surface area (Å²) in [5.74, 6) is 0.763. The SMILES string of the molecule is C[C@H]1COCCN1c1nc(-c2cnc(N)nc2C(F)F)nc(N2CCNCC2)n1. The highest BCUT2D eigenvalue weighted by atomic mass is 19.3. The van der Waals surface area contributed by atoms with E-state index < -0.39 is 12.1 Å². The van der Waals surface area contributed by atoms with Crippen molar-refractivity contribution in [1.29, 1.82) is 0 Å². The molecule has 0 aliphatic carbocycles. The van der Waals surface area contributed by atoms with Gasteiger partial charge in [-0.1, -0.05) is 0 Å². The van der Waals surface area contributed by atoms with Gasteiger partial charge in [-0.05, 0) is 6.92 Å². The largest absolute Gasteiger partial charge is 0.377 e. The first-order valence-corrected chi connectivity index (χ1v) is 9.50. The van der Waals surface area contributed by atoms with E-state index in [9.17, 15) is 8.78 Å². The third kappa shape index (κ3) is 4.17. The summed E-state index contributed by atoms with van der Waals surface area (Å²) in [6, 6.07) is 0.0482. The maximum Gasteiger partial charge on any atom is 0.281 e. The number of nitrogen functional groups attached to an aromatic ring is 1. The van der Waals surface area contributed by atoms with Crippen LogP contribution in [0.3, 0.4) is 0 Å². The van der Waals surface area contributed by atoms with Crippen molar-refractivity contribution in [2.75, 3.05) is 61.5 Å². The van der Waals surface area contributed by atoms with Crippen LogP contribution in [0, 0.1) is 0 Å². The number of hydrogen-bond acceptors (Lipinski definition) is 10.